The predicted molar refractivity (Wildman–Crippen MR) is 78.1 cm³/mol. The first-order valence-corrected chi connectivity index (χ1v) is 5.82. The van der Waals surface area contributed by atoms with Crippen molar-refractivity contribution in [1.82, 2.24) is 0 Å². The Bertz CT molecular complexity index is 598. The van der Waals surface area contributed by atoms with E-state index >= 15 is 0 Å². The second-order valence-corrected chi connectivity index (χ2v) is 3.85. The molecular weight excluding hydrogens is 234 g/mol. The summed E-state index contributed by atoms with van der Waals surface area (Å²) >= 11 is 0. The molecule has 0 amide bonds. The lowest BCUT2D eigenvalue weighted by atomic mass is 9.91. The van der Waals surface area contributed by atoms with Crippen LogP contribution in [0, 0.1) is 11.3 Å². The topological polar surface area (TPSA) is 40.9 Å². The third-order valence-electron chi connectivity index (χ3n) is 2.58. The van der Waals surface area contributed by atoms with E-state index in [1.54, 1.807) is 18.2 Å². The number of Topliss-reactive ketones (excluding diaryl/α,β-unsaturated/α-hetero) is 1. The fraction of sp³-hybridized carbons (Fsp3) is 0.0588. The second-order valence-electron chi connectivity index (χ2n) is 3.85. The summed E-state index contributed by atoms with van der Waals surface area (Å²) in [5.74, 6) is -0.266. The molecule has 0 bridgehead atoms. The molecule has 0 radical (unpaired) electrons. The van der Waals surface area contributed by atoms with Gasteiger partial charge in [-0.1, -0.05) is 61.7 Å². The molecule has 0 aromatic heterocycles. The molecule has 19 heavy (non-hydrogen) atoms. The highest BCUT2D eigenvalue weighted by atomic mass is 16.1. The zero-order valence-electron chi connectivity index (χ0n) is 10.9. The minimum absolute atomic E-state index is 0.124. The number of rotatable bonds is 5. The summed E-state index contributed by atoms with van der Waals surface area (Å²) in [6.07, 6.45) is 4.95. The van der Waals surface area contributed by atoms with Crippen molar-refractivity contribution in [3.63, 3.8) is 0 Å². The largest absolute Gasteiger partial charge is 0.294 e. The van der Waals surface area contributed by atoms with Crippen molar-refractivity contribution in [2.24, 2.45) is 0 Å². The van der Waals surface area contributed by atoms with Gasteiger partial charge in [-0.25, -0.2) is 0 Å². The molecule has 1 aromatic carbocycles. The normalized spacial score (nSPS) is 12.1. The van der Waals surface area contributed by atoms with Crippen molar-refractivity contribution in [1.29, 1.82) is 5.26 Å². The van der Waals surface area contributed by atoms with Crippen molar-refractivity contribution < 1.29 is 4.79 Å². The van der Waals surface area contributed by atoms with Gasteiger partial charge in [-0.3, -0.25) is 4.79 Å². The zero-order valence-corrected chi connectivity index (χ0v) is 10.9. The molecule has 0 aliphatic carbocycles. The number of carbonyl (C=O) groups excluding carboxylic acids is 1. The highest BCUT2D eigenvalue weighted by molar-refractivity contribution is 6.08. The first-order valence-electron chi connectivity index (χ1n) is 5.82. The average Bonchev–Trinajstić information content (AvgIpc) is 2.43. The summed E-state index contributed by atoms with van der Waals surface area (Å²) in [5.41, 5.74) is 2.22. The summed E-state index contributed by atoms with van der Waals surface area (Å²) in [7, 11) is 0. The molecule has 0 aliphatic rings. The Morgan fingerprint density at radius 2 is 1.89 bits per heavy atom. The highest BCUT2D eigenvalue weighted by Gasteiger charge is 2.15. The number of nitriles is 1. The molecule has 1 rings (SSSR count). The third-order valence-corrected chi connectivity index (χ3v) is 2.58. The number of allylic oxidation sites excluding steroid dienone is 6. The maximum Gasteiger partial charge on any atom is 0.170 e. The van der Waals surface area contributed by atoms with Gasteiger partial charge in [0, 0.05) is 5.57 Å². The van der Waals surface area contributed by atoms with E-state index in [2.05, 4.69) is 13.2 Å². The van der Waals surface area contributed by atoms with Gasteiger partial charge >= 0.3 is 0 Å². The van der Waals surface area contributed by atoms with Crippen LogP contribution >= 0.6 is 0 Å². The number of ketones is 1. The van der Waals surface area contributed by atoms with Crippen molar-refractivity contribution in [3.8, 4) is 6.07 Å². The van der Waals surface area contributed by atoms with Crippen LogP contribution in [0.25, 0.3) is 5.57 Å². The number of hydrogen-bond donors (Lipinski definition) is 0. The molecule has 94 valence electrons. The maximum absolute atomic E-state index is 11.6. The minimum atomic E-state index is -0.266. The molecule has 0 heterocycles. The lowest BCUT2D eigenvalue weighted by molar-refractivity contribution is -0.113. The van der Waals surface area contributed by atoms with Crippen LogP contribution in [-0.2, 0) is 4.79 Å². The smallest absolute Gasteiger partial charge is 0.170 e. The lowest BCUT2D eigenvalue weighted by Gasteiger charge is -2.10. The number of carbonyl (C=O) groups is 1. The summed E-state index contributed by atoms with van der Waals surface area (Å²) < 4.78 is 0. The average molecular weight is 249 g/mol. The lowest BCUT2D eigenvalue weighted by Crippen LogP contribution is -2.01. The Morgan fingerprint density at radius 3 is 2.32 bits per heavy atom. The van der Waals surface area contributed by atoms with Gasteiger partial charge in [0.15, 0.2) is 5.78 Å². The fourth-order valence-electron chi connectivity index (χ4n) is 1.75. The Balaban J connectivity index is 3.66. The van der Waals surface area contributed by atoms with Crippen LogP contribution in [0.15, 0.2) is 72.9 Å². The van der Waals surface area contributed by atoms with Crippen LogP contribution in [0.3, 0.4) is 0 Å². The SMILES string of the molecule is C=C/C=C(C=C)/C(=C(\C#N)C(C)=O)c1ccccc1. The van der Waals surface area contributed by atoms with Gasteiger partial charge in [0.05, 0.1) is 0 Å². The Kier molecular flexibility index (Phi) is 5.25. The molecule has 0 saturated carbocycles. The highest BCUT2D eigenvalue weighted by Crippen LogP contribution is 2.27. The molecule has 0 aliphatic heterocycles. The Labute approximate surface area is 113 Å². The first kappa shape index (κ1) is 14.4. The number of nitrogens with zero attached hydrogens (tertiary/aromatic N) is 1. The Morgan fingerprint density at radius 1 is 1.26 bits per heavy atom. The van der Waals surface area contributed by atoms with Crippen LogP contribution in [0.1, 0.15) is 12.5 Å². The molecule has 0 unspecified atom stereocenters. The van der Waals surface area contributed by atoms with E-state index < -0.39 is 0 Å². The van der Waals surface area contributed by atoms with Crippen molar-refractivity contribution in [3.05, 3.63) is 78.4 Å². The Hall–Kier alpha value is -2.66. The molecular formula is C17H15NO. The zero-order chi connectivity index (χ0) is 14.3. The van der Waals surface area contributed by atoms with E-state index in [4.69, 9.17) is 0 Å². The molecule has 0 atom stereocenters. The quantitative estimate of drug-likeness (QED) is 0.452. The molecule has 2 nitrogen and oxygen atoms in total. The monoisotopic (exact) mass is 249 g/mol. The van der Waals surface area contributed by atoms with E-state index in [0.29, 0.717) is 11.1 Å². The molecule has 0 spiro atoms. The summed E-state index contributed by atoms with van der Waals surface area (Å²) in [5, 5.41) is 9.22. The van der Waals surface area contributed by atoms with Gasteiger partial charge in [0.25, 0.3) is 0 Å². The van der Waals surface area contributed by atoms with Gasteiger partial charge in [-0.15, -0.1) is 0 Å². The van der Waals surface area contributed by atoms with Crippen LogP contribution in [-0.4, -0.2) is 5.78 Å². The maximum atomic E-state index is 11.6. The van der Waals surface area contributed by atoms with Crippen molar-refractivity contribution in [2.75, 3.05) is 0 Å². The molecule has 0 N–H and O–H groups in total. The fourth-order valence-corrected chi connectivity index (χ4v) is 1.75. The molecule has 2 heteroatoms. The number of hydrogen-bond acceptors (Lipinski definition) is 2. The summed E-state index contributed by atoms with van der Waals surface area (Å²) in [6, 6.07) is 11.3. The number of benzene rings is 1. The van der Waals surface area contributed by atoms with Crippen molar-refractivity contribution >= 4 is 11.4 Å². The first-order chi connectivity index (χ1) is 9.15. The minimum Gasteiger partial charge on any atom is -0.294 e. The van der Waals surface area contributed by atoms with E-state index in [1.165, 1.54) is 6.92 Å². The standard InChI is InChI=1S/C17H15NO/c1-4-9-14(5-2)17(16(12-18)13(3)19)15-10-7-6-8-11-15/h4-11H,1-2H2,3H3/b14-9+,17-16-. The predicted octanol–water partition coefficient (Wildman–Crippen LogP) is 3.85. The molecule has 1 aromatic rings. The third kappa shape index (κ3) is 3.40. The van der Waals surface area contributed by atoms with Gasteiger partial charge in [0.2, 0.25) is 0 Å². The van der Waals surface area contributed by atoms with E-state index in [-0.39, 0.29) is 11.4 Å². The van der Waals surface area contributed by atoms with E-state index in [0.717, 1.165) is 5.56 Å². The van der Waals surface area contributed by atoms with Gasteiger partial charge in [0.1, 0.15) is 11.6 Å². The van der Waals surface area contributed by atoms with Crippen molar-refractivity contribution in [2.45, 2.75) is 6.92 Å². The van der Waals surface area contributed by atoms with Gasteiger partial charge in [-0.2, -0.15) is 5.26 Å². The van der Waals surface area contributed by atoms with Gasteiger partial charge < -0.3 is 0 Å². The van der Waals surface area contributed by atoms with Crippen LogP contribution < -0.4 is 0 Å². The summed E-state index contributed by atoms with van der Waals surface area (Å²) in [4.78, 5) is 11.6. The van der Waals surface area contributed by atoms with Crippen LogP contribution in [0.5, 0.6) is 0 Å². The molecule has 0 fully saturated rings. The second kappa shape index (κ2) is 6.93. The van der Waals surface area contributed by atoms with Crippen LogP contribution in [0.2, 0.25) is 0 Å². The van der Waals surface area contributed by atoms with E-state index in [9.17, 15) is 10.1 Å². The molecule has 0 saturated heterocycles. The van der Waals surface area contributed by atoms with Crippen LogP contribution in [0.4, 0.5) is 0 Å². The summed E-state index contributed by atoms with van der Waals surface area (Å²) in [6.45, 7) is 8.76. The van der Waals surface area contributed by atoms with Gasteiger partial charge in [-0.05, 0) is 18.1 Å². The van der Waals surface area contributed by atoms with E-state index in [1.807, 2.05) is 36.4 Å².